The Bertz CT molecular complexity index is 473. The molecule has 3 rings (SSSR count). The van der Waals surface area contributed by atoms with Crippen LogP contribution in [-0.4, -0.2) is 53.6 Å². The van der Waals surface area contributed by atoms with E-state index in [0.29, 0.717) is 19.0 Å². The molecule has 1 aliphatic heterocycles. The number of carbonyl (C=O) groups excluding carboxylic acids is 1. The predicted octanol–water partition coefficient (Wildman–Crippen LogP) is 2.11. The molecule has 0 spiro atoms. The van der Waals surface area contributed by atoms with Crippen molar-refractivity contribution in [3.63, 3.8) is 0 Å². The molecule has 1 aromatic heterocycles. The zero-order valence-electron chi connectivity index (χ0n) is 12.6. The van der Waals surface area contributed by atoms with Crippen molar-refractivity contribution in [1.29, 1.82) is 0 Å². The van der Waals surface area contributed by atoms with Crippen LogP contribution in [0.5, 0.6) is 0 Å². The van der Waals surface area contributed by atoms with Crippen LogP contribution in [0.2, 0.25) is 0 Å². The van der Waals surface area contributed by atoms with Crippen LogP contribution in [0.25, 0.3) is 0 Å². The minimum atomic E-state index is -0.269. The molecule has 1 N–H and O–H groups in total. The molecule has 116 valence electrons. The summed E-state index contributed by atoms with van der Waals surface area (Å²) in [5.41, 5.74) is 0. The van der Waals surface area contributed by atoms with Crippen LogP contribution < -0.4 is 0 Å². The number of thiophene rings is 1. The first kappa shape index (κ1) is 15.0. The lowest BCUT2D eigenvalue weighted by molar-refractivity contribution is -0.133. The Labute approximate surface area is 130 Å². The predicted molar refractivity (Wildman–Crippen MR) is 84.2 cm³/mol. The lowest BCUT2D eigenvalue weighted by atomic mass is 10.2. The molecule has 5 heteroatoms. The smallest absolute Gasteiger partial charge is 0.237 e. The number of rotatable bonds is 6. The third kappa shape index (κ3) is 3.65. The highest BCUT2D eigenvalue weighted by atomic mass is 32.1. The zero-order valence-corrected chi connectivity index (χ0v) is 13.4. The fraction of sp³-hybridized carbons (Fsp3) is 0.688. The largest absolute Gasteiger partial charge is 0.392 e. The van der Waals surface area contributed by atoms with Crippen molar-refractivity contribution in [2.45, 2.75) is 37.8 Å². The van der Waals surface area contributed by atoms with Crippen LogP contribution in [0.15, 0.2) is 17.5 Å². The van der Waals surface area contributed by atoms with Gasteiger partial charge in [-0.3, -0.25) is 9.69 Å². The maximum absolute atomic E-state index is 12.5. The summed E-state index contributed by atoms with van der Waals surface area (Å²) >= 11 is 1.74. The molecule has 0 radical (unpaired) electrons. The summed E-state index contributed by atoms with van der Waals surface area (Å²) in [6.07, 6.45) is 4.16. The Morgan fingerprint density at radius 1 is 1.52 bits per heavy atom. The van der Waals surface area contributed by atoms with E-state index in [2.05, 4.69) is 17.5 Å². The first-order chi connectivity index (χ1) is 10.1. The minimum Gasteiger partial charge on any atom is -0.392 e. The fourth-order valence-electron chi connectivity index (χ4n) is 3.18. The molecule has 1 saturated carbocycles. The molecule has 0 bridgehead atoms. The Balaban J connectivity index is 1.54. The topological polar surface area (TPSA) is 43.8 Å². The summed E-state index contributed by atoms with van der Waals surface area (Å²) < 4.78 is 0. The number of aliphatic hydroxyl groups excluding tert-OH is 1. The minimum absolute atomic E-state index is 0.191. The van der Waals surface area contributed by atoms with Gasteiger partial charge in [-0.2, -0.15) is 0 Å². The fourth-order valence-corrected chi connectivity index (χ4v) is 4.05. The molecule has 2 atom stereocenters. The molecule has 0 aromatic carbocycles. The number of nitrogens with zero attached hydrogens (tertiary/aromatic N) is 2. The van der Waals surface area contributed by atoms with Gasteiger partial charge in [0.1, 0.15) is 0 Å². The number of hydrogen-bond donors (Lipinski definition) is 1. The summed E-state index contributed by atoms with van der Waals surface area (Å²) in [5.74, 6) is 0.657. The van der Waals surface area contributed by atoms with Crippen molar-refractivity contribution in [1.82, 2.24) is 9.80 Å². The van der Waals surface area contributed by atoms with Crippen molar-refractivity contribution >= 4 is 17.2 Å². The Kier molecular flexibility index (Phi) is 4.62. The number of hydrogen-bond acceptors (Lipinski definition) is 4. The molecule has 2 unspecified atom stereocenters. The molecule has 2 aliphatic rings. The van der Waals surface area contributed by atoms with E-state index in [9.17, 15) is 9.90 Å². The SMILES string of the molecule is CN(CC(=O)N1CCCC1c1cccs1)CC(O)C1CC1. The van der Waals surface area contributed by atoms with Gasteiger partial charge in [-0.25, -0.2) is 0 Å². The van der Waals surface area contributed by atoms with Gasteiger partial charge in [0, 0.05) is 18.0 Å². The molecule has 1 saturated heterocycles. The second-order valence-corrected chi connectivity index (χ2v) is 7.34. The van der Waals surface area contributed by atoms with Gasteiger partial charge in [-0.1, -0.05) is 6.07 Å². The highest BCUT2D eigenvalue weighted by molar-refractivity contribution is 7.10. The van der Waals surface area contributed by atoms with Crippen LogP contribution in [0.3, 0.4) is 0 Å². The molecular weight excluding hydrogens is 284 g/mol. The first-order valence-electron chi connectivity index (χ1n) is 7.84. The average molecular weight is 308 g/mol. The van der Waals surface area contributed by atoms with Crippen LogP contribution >= 0.6 is 11.3 Å². The van der Waals surface area contributed by atoms with Gasteiger partial charge in [0.2, 0.25) is 5.91 Å². The van der Waals surface area contributed by atoms with E-state index in [1.807, 2.05) is 16.8 Å². The van der Waals surface area contributed by atoms with Gasteiger partial charge < -0.3 is 10.0 Å². The number of amides is 1. The molecule has 1 amide bonds. The molecule has 2 fully saturated rings. The van der Waals surface area contributed by atoms with Crippen LogP contribution in [0.4, 0.5) is 0 Å². The van der Waals surface area contributed by atoms with E-state index < -0.39 is 0 Å². The molecular formula is C16H24N2O2S. The van der Waals surface area contributed by atoms with Crippen LogP contribution in [0, 0.1) is 5.92 Å². The van der Waals surface area contributed by atoms with E-state index in [-0.39, 0.29) is 18.1 Å². The Morgan fingerprint density at radius 3 is 3.00 bits per heavy atom. The monoisotopic (exact) mass is 308 g/mol. The summed E-state index contributed by atoms with van der Waals surface area (Å²) in [7, 11) is 1.93. The third-order valence-corrected chi connectivity index (χ3v) is 5.49. The summed E-state index contributed by atoms with van der Waals surface area (Å²) in [4.78, 5) is 17.8. The van der Waals surface area contributed by atoms with Gasteiger partial charge in [0.05, 0.1) is 18.7 Å². The zero-order chi connectivity index (χ0) is 14.8. The Morgan fingerprint density at radius 2 is 2.33 bits per heavy atom. The molecule has 1 aromatic rings. The summed E-state index contributed by atoms with van der Waals surface area (Å²) in [5, 5.41) is 12.1. The highest BCUT2D eigenvalue weighted by Gasteiger charge is 2.33. The summed E-state index contributed by atoms with van der Waals surface area (Å²) in [6, 6.07) is 4.44. The molecule has 4 nitrogen and oxygen atoms in total. The van der Waals surface area contributed by atoms with Gasteiger partial charge in [-0.05, 0) is 50.1 Å². The van der Waals surface area contributed by atoms with Crippen molar-refractivity contribution < 1.29 is 9.90 Å². The van der Waals surface area contributed by atoms with Gasteiger partial charge in [0.25, 0.3) is 0 Å². The van der Waals surface area contributed by atoms with E-state index >= 15 is 0 Å². The number of aliphatic hydroxyl groups is 1. The summed E-state index contributed by atoms with van der Waals surface area (Å²) in [6.45, 7) is 1.87. The van der Waals surface area contributed by atoms with Gasteiger partial charge >= 0.3 is 0 Å². The van der Waals surface area contributed by atoms with Crippen LogP contribution in [0.1, 0.15) is 36.6 Å². The van der Waals surface area contributed by atoms with Gasteiger partial charge in [0.15, 0.2) is 0 Å². The standard InChI is InChI=1S/C16H24N2O2S/c1-17(10-14(19)12-6-7-12)11-16(20)18-8-2-4-13(18)15-5-3-9-21-15/h3,5,9,12-14,19H,2,4,6-8,10-11H2,1H3. The highest BCUT2D eigenvalue weighted by Crippen LogP contribution is 2.35. The second kappa shape index (κ2) is 6.46. The number of likely N-dealkylation sites (tertiary alicyclic amines) is 1. The van der Waals surface area contributed by atoms with Crippen molar-refractivity contribution in [3.05, 3.63) is 22.4 Å². The average Bonchev–Trinajstić information content (AvgIpc) is 2.97. The van der Waals surface area contributed by atoms with E-state index in [1.165, 1.54) is 4.88 Å². The van der Waals surface area contributed by atoms with Crippen LogP contribution in [-0.2, 0) is 4.79 Å². The number of carbonyl (C=O) groups is 1. The van der Waals surface area contributed by atoms with E-state index in [4.69, 9.17) is 0 Å². The van der Waals surface area contributed by atoms with Crippen molar-refractivity contribution in [2.75, 3.05) is 26.7 Å². The molecule has 2 heterocycles. The maximum atomic E-state index is 12.5. The van der Waals surface area contributed by atoms with E-state index in [0.717, 1.165) is 32.2 Å². The van der Waals surface area contributed by atoms with Gasteiger partial charge in [-0.15, -0.1) is 11.3 Å². The first-order valence-corrected chi connectivity index (χ1v) is 8.72. The van der Waals surface area contributed by atoms with Crippen molar-refractivity contribution in [2.24, 2.45) is 5.92 Å². The lowest BCUT2D eigenvalue weighted by Crippen LogP contribution is -2.41. The molecule has 21 heavy (non-hydrogen) atoms. The van der Waals surface area contributed by atoms with E-state index in [1.54, 1.807) is 11.3 Å². The second-order valence-electron chi connectivity index (χ2n) is 6.36. The number of likely N-dealkylation sites (N-methyl/N-ethyl adjacent to an activating group) is 1. The normalized spacial score (nSPS) is 23.8. The quantitative estimate of drug-likeness (QED) is 0.875. The van der Waals surface area contributed by atoms with Crippen molar-refractivity contribution in [3.8, 4) is 0 Å². The maximum Gasteiger partial charge on any atom is 0.237 e. The molecule has 1 aliphatic carbocycles. The third-order valence-electron chi connectivity index (χ3n) is 4.51. The Hall–Kier alpha value is -0.910. The lowest BCUT2D eigenvalue weighted by Gasteiger charge is -2.27.